The summed E-state index contributed by atoms with van der Waals surface area (Å²) in [7, 11) is -0.376. The van der Waals surface area contributed by atoms with E-state index in [1.807, 2.05) is 25.3 Å². The normalized spacial score (nSPS) is 19.0. The van der Waals surface area contributed by atoms with Crippen molar-refractivity contribution in [2.75, 3.05) is 0 Å². The molecular weight excluding hydrogens is 343 g/mol. The Morgan fingerprint density at radius 3 is 2.38 bits per heavy atom. The number of hydrogen-bond donors (Lipinski definition) is 0. The van der Waals surface area contributed by atoms with Gasteiger partial charge in [-0.05, 0) is 70.9 Å². The van der Waals surface area contributed by atoms with Crippen molar-refractivity contribution in [1.82, 2.24) is 4.98 Å². The Morgan fingerprint density at radius 2 is 1.85 bits per heavy atom. The predicted octanol–water partition coefficient (Wildman–Crippen LogP) is 4.26. The number of hydrogen-bond acceptors (Lipinski definition) is 5. The molecule has 2 aromatic rings. The van der Waals surface area contributed by atoms with Gasteiger partial charge < -0.3 is 9.31 Å². The van der Waals surface area contributed by atoms with Crippen molar-refractivity contribution < 1.29 is 9.31 Å². The number of aromatic nitrogens is 1. The molecule has 0 aliphatic carbocycles. The molecule has 0 atom stereocenters. The quantitative estimate of drug-likeness (QED) is 0.598. The van der Waals surface area contributed by atoms with E-state index in [1.165, 1.54) is 0 Å². The molecule has 4 nitrogen and oxygen atoms in total. The fraction of sp³-hybridized carbons (Fsp3) is 0.400. The molecule has 0 radical (unpaired) electrons. The average molecular weight is 368 g/mol. The third-order valence-corrected chi connectivity index (χ3v) is 6.20. The Bertz CT molecular complexity index is 854. The largest absolute Gasteiger partial charge is 0.495 e. The van der Waals surface area contributed by atoms with Gasteiger partial charge >= 0.3 is 7.12 Å². The van der Waals surface area contributed by atoms with Crippen LogP contribution in [0.2, 0.25) is 0 Å². The summed E-state index contributed by atoms with van der Waals surface area (Å²) >= 11 is 1.61. The van der Waals surface area contributed by atoms with Gasteiger partial charge in [-0.3, -0.25) is 4.99 Å². The Labute approximate surface area is 160 Å². The van der Waals surface area contributed by atoms with Gasteiger partial charge in [0.2, 0.25) is 0 Å². The minimum Gasteiger partial charge on any atom is -0.399 e. The van der Waals surface area contributed by atoms with Crippen LogP contribution in [0.25, 0.3) is 11.8 Å². The van der Waals surface area contributed by atoms with Crippen LogP contribution in [0.1, 0.15) is 48.7 Å². The van der Waals surface area contributed by atoms with Gasteiger partial charge in [0.05, 0.1) is 26.8 Å². The van der Waals surface area contributed by atoms with Crippen LogP contribution >= 0.6 is 11.3 Å². The van der Waals surface area contributed by atoms with Gasteiger partial charge in [0.25, 0.3) is 0 Å². The standard InChI is InChI=1S/C20H25BN2O2S/c1-13-15(11-17(22-7)18-12-23-14(2)26-18)9-8-10-16(13)21-24-19(3,4)20(5,6)25-21/h8-12H,7H2,1-6H3/b17-11-. The summed E-state index contributed by atoms with van der Waals surface area (Å²) in [4.78, 5) is 9.52. The van der Waals surface area contributed by atoms with Crippen molar-refractivity contribution in [3.8, 4) is 0 Å². The highest BCUT2D eigenvalue weighted by molar-refractivity contribution is 7.12. The first-order valence-corrected chi connectivity index (χ1v) is 9.52. The van der Waals surface area contributed by atoms with E-state index in [0.717, 1.165) is 32.2 Å². The molecule has 0 spiro atoms. The molecule has 26 heavy (non-hydrogen) atoms. The van der Waals surface area contributed by atoms with E-state index in [4.69, 9.17) is 9.31 Å². The minimum atomic E-state index is -0.376. The highest BCUT2D eigenvalue weighted by Crippen LogP contribution is 2.37. The molecule has 6 heteroatoms. The van der Waals surface area contributed by atoms with Crippen LogP contribution in [-0.2, 0) is 9.31 Å². The number of aryl methyl sites for hydroxylation is 1. The first-order chi connectivity index (χ1) is 12.1. The Kier molecular flexibility index (Phi) is 4.95. The third-order valence-electron chi connectivity index (χ3n) is 5.26. The van der Waals surface area contributed by atoms with Crippen molar-refractivity contribution >= 4 is 42.4 Å². The average Bonchev–Trinajstić information content (AvgIpc) is 3.07. The molecule has 1 aliphatic rings. The van der Waals surface area contributed by atoms with Gasteiger partial charge in [0.15, 0.2) is 0 Å². The van der Waals surface area contributed by atoms with Crippen molar-refractivity contribution in [3.05, 3.63) is 45.4 Å². The van der Waals surface area contributed by atoms with Gasteiger partial charge in [0, 0.05) is 6.20 Å². The smallest absolute Gasteiger partial charge is 0.399 e. The maximum absolute atomic E-state index is 6.22. The molecule has 0 saturated carbocycles. The fourth-order valence-electron chi connectivity index (χ4n) is 2.88. The number of benzene rings is 1. The van der Waals surface area contributed by atoms with Crippen molar-refractivity contribution in [2.24, 2.45) is 4.99 Å². The third kappa shape index (κ3) is 3.41. The molecule has 3 rings (SSSR count). The maximum atomic E-state index is 6.22. The molecule has 1 aromatic heterocycles. The molecule has 2 heterocycles. The van der Waals surface area contributed by atoms with Crippen LogP contribution < -0.4 is 5.46 Å². The van der Waals surface area contributed by atoms with E-state index < -0.39 is 0 Å². The number of rotatable bonds is 4. The molecule has 1 aromatic carbocycles. The van der Waals surface area contributed by atoms with Gasteiger partial charge in [-0.1, -0.05) is 18.2 Å². The summed E-state index contributed by atoms with van der Waals surface area (Å²) < 4.78 is 12.4. The zero-order valence-electron chi connectivity index (χ0n) is 16.3. The van der Waals surface area contributed by atoms with E-state index in [9.17, 15) is 0 Å². The summed E-state index contributed by atoms with van der Waals surface area (Å²) in [6.45, 7) is 16.1. The zero-order valence-corrected chi connectivity index (χ0v) is 17.1. The second-order valence-corrected chi connectivity index (χ2v) is 8.82. The highest BCUT2D eigenvalue weighted by atomic mass is 32.1. The van der Waals surface area contributed by atoms with Crippen LogP contribution in [0, 0.1) is 13.8 Å². The van der Waals surface area contributed by atoms with Crippen molar-refractivity contribution in [1.29, 1.82) is 0 Å². The highest BCUT2D eigenvalue weighted by Gasteiger charge is 2.52. The van der Waals surface area contributed by atoms with Gasteiger partial charge in [-0.15, -0.1) is 11.3 Å². The molecule has 0 bridgehead atoms. The summed E-state index contributed by atoms with van der Waals surface area (Å²) in [5, 5.41) is 1.01. The Morgan fingerprint density at radius 1 is 1.19 bits per heavy atom. The van der Waals surface area contributed by atoms with Crippen LogP contribution in [0.4, 0.5) is 0 Å². The maximum Gasteiger partial charge on any atom is 0.495 e. The minimum absolute atomic E-state index is 0.357. The molecule has 0 N–H and O–H groups in total. The first kappa shape index (κ1) is 19.0. The molecule has 1 fully saturated rings. The zero-order chi connectivity index (χ0) is 19.1. The van der Waals surface area contributed by atoms with E-state index in [0.29, 0.717) is 0 Å². The lowest BCUT2D eigenvalue weighted by molar-refractivity contribution is 0.00578. The molecule has 1 aliphatic heterocycles. The summed E-state index contributed by atoms with van der Waals surface area (Å²) in [5.41, 5.74) is 3.35. The van der Waals surface area contributed by atoms with E-state index in [1.54, 1.807) is 11.3 Å². The summed E-state index contributed by atoms with van der Waals surface area (Å²) in [6.07, 6.45) is 3.89. The molecule has 1 saturated heterocycles. The van der Waals surface area contributed by atoms with Crippen LogP contribution in [-0.4, -0.2) is 30.0 Å². The van der Waals surface area contributed by atoms with Crippen LogP contribution in [0.3, 0.4) is 0 Å². The van der Waals surface area contributed by atoms with E-state index >= 15 is 0 Å². The second kappa shape index (κ2) is 6.76. The van der Waals surface area contributed by atoms with Crippen molar-refractivity contribution in [2.45, 2.75) is 52.7 Å². The fourth-order valence-corrected chi connectivity index (χ4v) is 3.63. The first-order valence-electron chi connectivity index (χ1n) is 8.71. The lowest BCUT2D eigenvalue weighted by Gasteiger charge is -2.32. The van der Waals surface area contributed by atoms with Gasteiger partial charge in [0.1, 0.15) is 0 Å². The Balaban J connectivity index is 1.98. The summed E-state index contributed by atoms with van der Waals surface area (Å²) in [5.74, 6) is 0. The lowest BCUT2D eigenvalue weighted by Crippen LogP contribution is -2.41. The van der Waals surface area contributed by atoms with E-state index in [2.05, 4.69) is 63.4 Å². The number of aliphatic imine (C=N–C) groups is 1. The second-order valence-electron chi connectivity index (χ2n) is 7.58. The van der Waals surface area contributed by atoms with Crippen molar-refractivity contribution in [3.63, 3.8) is 0 Å². The predicted molar refractivity (Wildman–Crippen MR) is 111 cm³/mol. The Hall–Kier alpha value is -1.76. The monoisotopic (exact) mass is 368 g/mol. The SMILES string of the molecule is C=N/C(=C\c1cccc(B2OC(C)(C)C(C)(C)O2)c1C)c1cnc(C)s1. The van der Waals surface area contributed by atoms with Crippen LogP contribution in [0.5, 0.6) is 0 Å². The molecular formula is C20H25BN2O2S. The van der Waals surface area contributed by atoms with Gasteiger partial charge in [-0.25, -0.2) is 4.98 Å². The number of thiazole rings is 1. The molecule has 0 amide bonds. The summed E-state index contributed by atoms with van der Waals surface area (Å²) in [6, 6.07) is 6.16. The molecule has 0 unspecified atom stereocenters. The number of nitrogens with zero attached hydrogens (tertiary/aromatic N) is 2. The van der Waals surface area contributed by atoms with E-state index in [-0.39, 0.29) is 18.3 Å². The lowest BCUT2D eigenvalue weighted by atomic mass is 9.75. The van der Waals surface area contributed by atoms with Gasteiger partial charge in [-0.2, -0.15) is 0 Å². The molecule has 136 valence electrons. The topological polar surface area (TPSA) is 43.7 Å². The van der Waals surface area contributed by atoms with Crippen LogP contribution in [0.15, 0.2) is 29.4 Å².